The first-order chi connectivity index (χ1) is 18.5. The predicted molar refractivity (Wildman–Crippen MR) is 157 cm³/mol. The Bertz CT molecular complexity index is 1370. The van der Waals surface area contributed by atoms with Gasteiger partial charge in [0.05, 0.1) is 20.6 Å². The van der Waals surface area contributed by atoms with E-state index in [0.717, 1.165) is 9.87 Å². The summed E-state index contributed by atoms with van der Waals surface area (Å²) in [5, 5.41) is 3.28. The average molecular weight is 591 g/mol. The molecule has 3 rings (SSSR count). The smallest absolute Gasteiger partial charge is 0.264 e. The quantitative estimate of drug-likeness (QED) is 0.305. The molecule has 0 aromatic heterocycles. The van der Waals surface area contributed by atoms with E-state index in [0.29, 0.717) is 13.0 Å². The van der Waals surface area contributed by atoms with E-state index in [-0.39, 0.29) is 39.0 Å². The molecule has 208 valence electrons. The molecule has 0 aliphatic carbocycles. The van der Waals surface area contributed by atoms with Crippen LogP contribution in [-0.4, -0.2) is 50.8 Å². The molecule has 10 heteroatoms. The van der Waals surface area contributed by atoms with Crippen molar-refractivity contribution in [1.29, 1.82) is 0 Å². The lowest BCUT2D eigenvalue weighted by molar-refractivity contribution is -0.138. The average Bonchev–Trinajstić information content (AvgIpc) is 2.92. The van der Waals surface area contributed by atoms with Gasteiger partial charge >= 0.3 is 0 Å². The minimum absolute atomic E-state index is 0.0161. The summed E-state index contributed by atoms with van der Waals surface area (Å²) in [6.07, 6.45) is 0.493. The van der Waals surface area contributed by atoms with Gasteiger partial charge < -0.3 is 10.2 Å². The number of anilines is 1. The van der Waals surface area contributed by atoms with Crippen molar-refractivity contribution < 1.29 is 18.0 Å². The third-order valence-corrected chi connectivity index (χ3v) is 8.66. The summed E-state index contributed by atoms with van der Waals surface area (Å²) < 4.78 is 28.5. The Labute approximate surface area is 240 Å². The van der Waals surface area contributed by atoms with Crippen LogP contribution in [0.4, 0.5) is 5.69 Å². The maximum atomic E-state index is 13.8. The lowest BCUT2D eigenvalue weighted by Gasteiger charge is -2.32. The summed E-state index contributed by atoms with van der Waals surface area (Å²) in [5.41, 5.74) is 1.17. The van der Waals surface area contributed by atoms with Gasteiger partial charge in [0, 0.05) is 13.1 Å². The summed E-state index contributed by atoms with van der Waals surface area (Å²) in [4.78, 5) is 28.3. The first-order valence-corrected chi connectivity index (χ1v) is 14.8. The molecule has 7 nitrogen and oxygen atoms in total. The first-order valence-electron chi connectivity index (χ1n) is 12.6. The van der Waals surface area contributed by atoms with Crippen LogP contribution in [0.25, 0.3) is 0 Å². The SMILES string of the molecule is CC(C)CNC(=O)[C@H](C)N(CCc1ccccc1)C(=O)CN(c1ccc(Cl)c(Cl)c1)S(=O)(=O)c1ccccc1. The van der Waals surface area contributed by atoms with Crippen LogP contribution in [-0.2, 0) is 26.0 Å². The van der Waals surface area contributed by atoms with E-state index in [9.17, 15) is 18.0 Å². The Kier molecular flexibility index (Phi) is 10.8. The molecule has 0 bridgehead atoms. The van der Waals surface area contributed by atoms with Gasteiger partial charge in [-0.2, -0.15) is 0 Å². The molecule has 0 heterocycles. The largest absolute Gasteiger partial charge is 0.354 e. The van der Waals surface area contributed by atoms with Gasteiger partial charge in [0.15, 0.2) is 0 Å². The fourth-order valence-corrected chi connectivity index (χ4v) is 5.63. The Morgan fingerprint density at radius 2 is 1.49 bits per heavy atom. The fourth-order valence-electron chi connectivity index (χ4n) is 3.91. The molecular weight excluding hydrogens is 557 g/mol. The molecule has 0 aliphatic heterocycles. The maximum absolute atomic E-state index is 13.8. The summed E-state index contributed by atoms with van der Waals surface area (Å²) in [6, 6.07) is 21.0. The zero-order valence-corrected chi connectivity index (χ0v) is 24.5. The van der Waals surface area contributed by atoms with Gasteiger partial charge in [-0.25, -0.2) is 8.42 Å². The fraction of sp³-hybridized carbons (Fsp3) is 0.310. The van der Waals surface area contributed by atoms with Crippen molar-refractivity contribution in [2.24, 2.45) is 5.92 Å². The highest BCUT2D eigenvalue weighted by atomic mass is 35.5. The molecule has 1 N–H and O–H groups in total. The zero-order valence-electron chi connectivity index (χ0n) is 22.2. The van der Waals surface area contributed by atoms with Crippen LogP contribution in [0.1, 0.15) is 26.3 Å². The van der Waals surface area contributed by atoms with Crippen LogP contribution in [0.3, 0.4) is 0 Å². The molecule has 2 amide bonds. The Morgan fingerprint density at radius 1 is 0.872 bits per heavy atom. The molecule has 39 heavy (non-hydrogen) atoms. The van der Waals surface area contributed by atoms with Gasteiger partial charge in [-0.1, -0.05) is 85.6 Å². The van der Waals surface area contributed by atoms with Crippen molar-refractivity contribution in [3.8, 4) is 0 Å². The van der Waals surface area contributed by atoms with Gasteiger partial charge in [0.25, 0.3) is 10.0 Å². The standard InChI is InChI=1S/C29H33Cl2N3O4S/c1-21(2)19-32-29(36)22(3)33(17-16-23-10-6-4-7-11-23)28(35)20-34(24-14-15-26(30)27(31)18-24)39(37,38)25-12-8-5-9-13-25/h4-15,18,21-22H,16-17,19-20H2,1-3H3,(H,32,36)/t22-/m0/s1. The lowest BCUT2D eigenvalue weighted by atomic mass is 10.1. The molecule has 3 aromatic carbocycles. The molecule has 0 radical (unpaired) electrons. The highest BCUT2D eigenvalue weighted by molar-refractivity contribution is 7.92. The number of benzene rings is 3. The van der Waals surface area contributed by atoms with Gasteiger partial charge in [0.2, 0.25) is 11.8 Å². The topological polar surface area (TPSA) is 86.8 Å². The Morgan fingerprint density at radius 3 is 2.08 bits per heavy atom. The van der Waals surface area contributed by atoms with Crippen molar-refractivity contribution in [2.45, 2.75) is 38.1 Å². The Balaban J connectivity index is 1.97. The molecule has 3 aromatic rings. The molecule has 0 saturated heterocycles. The van der Waals surface area contributed by atoms with Crippen LogP contribution < -0.4 is 9.62 Å². The summed E-state index contributed by atoms with van der Waals surface area (Å²) in [6.45, 7) is 5.75. The third-order valence-electron chi connectivity index (χ3n) is 6.14. The highest BCUT2D eigenvalue weighted by Gasteiger charge is 2.32. The summed E-state index contributed by atoms with van der Waals surface area (Å²) >= 11 is 12.3. The number of carbonyl (C=O) groups excluding carboxylic acids is 2. The second-order valence-corrected chi connectivity index (χ2v) is 12.2. The summed E-state index contributed by atoms with van der Waals surface area (Å²) in [7, 11) is -4.16. The van der Waals surface area contributed by atoms with E-state index in [2.05, 4.69) is 5.32 Å². The molecule has 0 unspecified atom stereocenters. The van der Waals surface area contributed by atoms with E-state index < -0.39 is 28.5 Å². The number of nitrogens with zero attached hydrogens (tertiary/aromatic N) is 2. The van der Waals surface area contributed by atoms with Crippen molar-refractivity contribution in [3.05, 3.63) is 94.5 Å². The number of nitrogens with one attached hydrogen (secondary N) is 1. The Hall–Kier alpha value is -3.07. The highest BCUT2D eigenvalue weighted by Crippen LogP contribution is 2.30. The second-order valence-electron chi connectivity index (χ2n) is 9.56. The van der Waals surface area contributed by atoms with E-state index in [1.165, 1.54) is 35.2 Å². The molecule has 1 atom stereocenters. The van der Waals surface area contributed by atoms with Crippen LogP contribution >= 0.6 is 23.2 Å². The third kappa shape index (κ3) is 8.21. The summed E-state index contributed by atoms with van der Waals surface area (Å²) in [5.74, 6) is -0.600. The van der Waals surface area contributed by atoms with Gasteiger partial charge in [0.1, 0.15) is 12.6 Å². The van der Waals surface area contributed by atoms with Crippen LogP contribution in [0.15, 0.2) is 83.8 Å². The predicted octanol–water partition coefficient (Wildman–Crippen LogP) is 5.42. The van der Waals surface area contributed by atoms with Crippen molar-refractivity contribution in [3.63, 3.8) is 0 Å². The minimum atomic E-state index is -4.16. The van der Waals surface area contributed by atoms with Gasteiger partial charge in [-0.05, 0) is 55.2 Å². The number of hydrogen-bond donors (Lipinski definition) is 1. The number of sulfonamides is 1. The molecule has 0 fully saturated rings. The maximum Gasteiger partial charge on any atom is 0.264 e. The number of hydrogen-bond acceptors (Lipinski definition) is 4. The number of halogens is 2. The number of amides is 2. The number of carbonyl (C=O) groups is 2. The van der Waals surface area contributed by atoms with Crippen molar-refractivity contribution in [2.75, 3.05) is 23.9 Å². The monoisotopic (exact) mass is 589 g/mol. The second kappa shape index (κ2) is 13.8. The lowest BCUT2D eigenvalue weighted by Crippen LogP contribution is -2.52. The minimum Gasteiger partial charge on any atom is -0.354 e. The van der Waals surface area contributed by atoms with Gasteiger partial charge in [-0.15, -0.1) is 0 Å². The van der Waals surface area contributed by atoms with Crippen molar-refractivity contribution in [1.82, 2.24) is 10.2 Å². The van der Waals surface area contributed by atoms with E-state index in [4.69, 9.17) is 23.2 Å². The normalized spacial score (nSPS) is 12.2. The number of rotatable bonds is 12. The van der Waals surface area contributed by atoms with Crippen LogP contribution in [0, 0.1) is 5.92 Å². The molecular formula is C29H33Cl2N3O4S. The molecule has 0 saturated carbocycles. The van der Waals surface area contributed by atoms with E-state index in [1.54, 1.807) is 25.1 Å². The van der Waals surface area contributed by atoms with Crippen LogP contribution in [0.2, 0.25) is 10.0 Å². The first kappa shape index (κ1) is 30.5. The van der Waals surface area contributed by atoms with Gasteiger partial charge in [-0.3, -0.25) is 13.9 Å². The molecule has 0 aliphatic rings. The zero-order chi connectivity index (χ0) is 28.6. The van der Waals surface area contributed by atoms with E-state index >= 15 is 0 Å². The molecule has 0 spiro atoms. The van der Waals surface area contributed by atoms with Crippen LogP contribution in [0.5, 0.6) is 0 Å². The van der Waals surface area contributed by atoms with E-state index in [1.807, 2.05) is 44.2 Å². The van der Waals surface area contributed by atoms with Crippen molar-refractivity contribution >= 4 is 50.7 Å².